The monoisotopic (exact) mass is 223 g/mol. The van der Waals surface area contributed by atoms with Gasteiger partial charge in [0, 0.05) is 25.8 Å². The summed E-state index contributed by atoms with van der Waals surface area (Å²) in [5.41, 5.74) is 7.81. The molecule has 1 aromatic rings. The maximum absolute atomic E-state index is 9.09. The molecule has 1 aliphatic heterocycles. The van der Waals surface area contributed by atoms with Crippen molar-refractivity contribution < 1.29 is 9.84 Å². The van der Waals surface area contributed by atoms with E-state index in [1.165, 1.54) is 0 Å². The van der Waals surface area contributed by atoms with Crippen LogP contribution < -0.4 is 10.6 Å². The number of hydrogen-bond acceptors (Lipinski definition) is 5. The maximum Gasteiger partial charge on any atom is 0.0980 e. The zero-order valence-corrected chi connectivity index (χ0v) is 9.17. The number of pyridine rings is 1. The van der Waals surface area contributed by atoms with Crippen molar-refractivity contribution in [3.63, 3.8) is 0 Å². The SMILES string of the molecule is NCc1ccncc1N1CCOC(CO)C1. The summed E-state index contributed by atoms with van der Waals surface area (Å²) in [6.45, 7) is 2.68. The first-order valence-electron chi connectivity index (χ1n) is 5.45. The molecule has 1 atom stereocenters. The molecule has 0 aliphatic carbocycles. The van der Waals surface area contributed by atoms with Gasteiger partial charge in [0.25, 0.3) is 0 Å². The highest BCUT2D eigenvalue weighted by Crippen LogP contribution is 2.21. The second-order valence-corrected chi connectivity index (χ2v) is 3.83. The van der Waals surface area contributed by atoms with Crippen LogP contribution in [0.5, 0.6) is 0 Å². The lowest BCUT2D eigenvalue weighted by molar-refractivity contribution is 0.00351. The Morgan fingerprint density at radius 2 is 2.50 bits per heavy atom. The van der Waals surface area contributed by atoms with Gasteiger partial charge in [-0.25, -0.2) is 0 Å². The first kappa shape index (κ1) is 11.3. The largest absolute Gasteiger partial charge is 0.394 e. The third-order valence-electron chi connectivity index (χ3n) is 2.79. The Balaban J connectivity index is 2.16. The van der Waals surface area contributed by atoms with Crippen LogP contribution in [0.4, 0.5) is 5.69 Å². The molecule has 0 aromatic carbocycles. The predicted octanol–water partition coefficient (Wildman–Crippen LogP) is -0.262. The van der Waals surface area contributed by atoms with Crippen molar-refractivity contribution >= 4 is 5.69 Å². The molecule has 16 heavy (non-hydrogen) atoms. The van der Waals surface area contributed by atoms with E-state index < -0.39 is 0 Å². The molecule has 0 saturated carbocycles. The van der Waals surface area contributed by atoms with E-state index in [0.717, 1.165) is 17.8 Å². The lowest BCUT2D eigenvalue weighted by Crippen LogP contribution is -2.44. The van der Waals surface area contributed by atoms with Crippen LogP contribution in [0.3, 0.4) is 0 Å². The summed E-state index contributed by atoms with van der Waals surface area (Å²) >= 11 is 0. The number of aliphatic hydroxyl groups excluding tert-OH is 1. The Bertz CT molecular complexity index is 346. The van der Waals surface area contributed by atoms with Crippen LogP contribution in [-0.2, 0) is 11.3 Å². The molecule has 3 N–H and O–H groups in total. The topological polar surface area (TPSA) is 71.6 Å². The highest BCUT2D eigenvalue weighted by atomic mass is 16.5. The van der Waals surface area contributed by atoms with Crippen molar-refractivity contribution in [2.45, 2.75) is 12.6 Å². The summed E-state index contributed by atoms with van der Waals surface area (Å²) in [6.07, 6.45) is 3.46. The number of aliphatic hydroxyl groups is 1. The van der Waals surface area contributed by atoms with E-state index in [1.807, 2.05) is 12.3 Å². The normalized spacial score (nSPS) is 21.1. The highest BCUT2D eigenvalue weighted by molar-refractivity contribution is 5.52. The fourth-order valence-corrected chi connectivity index (χ4v) is 1.92. The minimum atomic E-state index is -0.111. The molecule has 1 aliphatic rings. The Morgan fingerprint density at radius 3 is 3.25 bits per heavy atom. The van der Waals surface area contributed by atoms with Gasteiger partial charge in [0.05, 0.1) is 31.2 Å². The molecule has 5 heteroatoms. The fraction of sp³-hybridized carbons (Fsp3) is 0.545. The standard InChI is InChI=1S/C11H17N3O2/c12-5-9-1-2-13-6-11(9)14-3-4-16-10(7-14)8-15/h1-2,6,10,15H,3-5,7-8,12H2. The lowest BCUT2D eigenvalue weighted by Gasteiger charge is -2.34. The number of hydrogen-bond donors (Lipinski definition) is 2. The van der Waals surface area contributed by atoms with Gasteiger partial charge in [-0.05, 0) is 11.6 Å². The summed E-state index contributed by atoms with van der Waals surface area (Å²) in [5.74, 6) is 0. The van der Waals surface area contributed by atoms with E-state index in [1.54, 1.807) is 6.20 Å². The summed E-state index contributed by atoms with van der Waals surface area (Å²) in [7, 11) is 0. The van der Waals surface area contributed by atoms with Crippen molar-refractivity contribution in [1.29, 1.82) is 0 Å². The van der Waals surface area contributed by atoms with Crippen molar-refractivity contribution in [3.05, 3.63) is 24.0 Å². The van der Waals surface area contributed by atoms with E-state index >= 15 is 0 Å². The van der Waals surface area contributed by atoms with Crippen molar-refractivity contribution in [3.8, 4) is 0 Å². The third-order valence-corrected chi connectivity index (χ3v) is 2.79. The maximum atomic E-state index is 9.09. The third kappa shape index (κ3) is 2.32. The van der Waals surface area contributed by atoms with Crippen LogP contribution in [0.2, 0.25) is 0 Å². The van der Waals surface area contributed by atoms with Crippen molar-refractivity contribution in [1.82, 2.24) is 4.98 Å². The van der Waals surface area contributed by atoms with Crippen molar-refractivity contribution in [2.75, 3.05) is 31.2 Å². The quantitative estimate of drug-likeness (QED) is 0.738. The number of anilines is 1. The first-order chi connectivity index (χ1) is 7.85. The molecule has 5 nitrogen and oxygen atoms in total. The smallest absolute Gasteiger partial charge is 0.0980 e. The van der Waals surface area contributed by atoms with Gasteiger partial charge in [-0.1, -0.05) is 0 Å². The van der Waals surface area contributed by atoms with Crippen LogP contribution in [0.1, 0.15) is 5.56 Å². The molecule has 2 rings (SSSR count). The summed E-state index contributed by atoms with van der Waals surface area (Å²) < 4.78 is 5.41. The fourth-order valence-electron chi connectivity index (χ4n) is 1.92. The van der Waals surface area contributed by atoms with Gasteiger partial charge in [-0.2, -0.15) is 0 Å². The van der Waals surface area contributed by atoms with Crippen molar-refractivity contribution in [2.24, 2.45) is 5.73 Å². The Kier molecular flexibility index (Phi) is 3.71. The van der Waals surface area contributed by atoms with E-state index in [9.17, 15) is 0 Å². The summed E-state index contributed by atoms with van der Waals surface area (Å²) in [4.78, 5) is 6.29. The first-order valence-corrected chi connectivity index (χ1v) is 5.45. The van der Waals surface area contributed by atoms with Crippen LogP contribution in [-0.4, -0.2) is 42.5 Å². The van der Waals surface area contributed by atoms with Crippen LogP contribution in [0, 0.1) is 0 Å². The lowest BCUT2D eigenvalue weighted by atomic mass is 10.2. The molecule has 1 fully saturated rings. The molecule has 1 aromatic heterocycles. The van der Waals surface area contributed by atoms with Gasteiger partial charge in [-0.15, -0.1) is 0 Å². The van der Waals surface area contributed by atoms with E-state index in [2.05, 4.69) is 9.88 Å². The minimum absolute atomic E-state index is 0.0503. The van der Waals surface area contributed by atoms with Gasteiger partial charge < -0.3 is 20.5 Å². The zero-order chi connectivity index (χ0) is 11.4. The number of nitrogens with two attached hydrogens (primary N) is 1. The summed E-state index contributed by atoms with van der Waals surface area (Å²) in [5, 5.41) is 9.09. The number of aromatic nitrogens is 1. The van der Waals surface area contributed by atoms with E-state index in [-0.39, 0.29) is 12.7 Å². The minimum Gasteiger partial charge on any atom is -0.394 e. The molecule has 2 heterocycles. The van der Waals surface area contributed by atoms with Crippen LogP contribution in [0.25, 0.3) is 0 Å². The molecular formula is C11H17N3O2. The second kappa shape index (κ2) is 5.25. The molecule has 0 amide bonds. The molecule has 0 spiro atoms. The Labute approximate surface area is 94.8 Å². The number of nitrogens with zero attached hydrogens (tertiary/aromatic N) is 2. The van der Waals surface area contributed by atoms with Crippen LogP contribution in [0.15, 0.2) is 18.5 Å². The van der Waals surface area contributed by atoms with Crippen LogP contribution >= 0.6 is 0 Å². The molecule has 0 bridgehead atoms. The highest BCUT2D eigenvalue weighted by Gasteiger charge is 2.21. The number of morpholine rings is 1. The van der Waals surface area contributed by atoms with Gasteiger partial charge >= 0.3 is 0 Å². The second-order valence-electron chi connectivity index (χ2n) is 3.83. The molecule has 1 saturated heterocycles. The average Bonchev–Trinajstić information content (AvgIpc) is 2.38. The number of ether oxygens (including phenoxy) is 1. The number of rotatable bonds is 3. The Morgan fingerprint density at radius 1 is 1.62 bits per heavy atom. The Hall–Kier alpha value is -1.17. The van der Waals surface area contributed by atoms with E-state index in [4.69, 9.17) is 15.6 Å². The van der Waals surface area contributed by atoms with Gasteiger partial charge in [-0.3, -0.25) is 4.98 Å². The van der Waals surface area contributed by atoms with E-state index in [0.29, 0.717) is 19.7 Å². The summed E-state index contributed by atoms with van der Waals surface area (Å²) in [6, 6.07) is 1.93. The molecule has 0 radical (unpaired) electrons. The van der Waals surface area contributed by atoms with Gasteiger partial charge in [0.1, 0.15) is 0 Å². The van der Waals surface area contributed by atoms with Gasteiger partial charge in [0.15, 0.2) is 0 Å². The predicted molar refractivity (Wildman–Crippen MR) is 61.2 cm³/mol. The zero-order valence-electron chi connectivity index (χ0n) is 9.17. The molecule has 88 valence electrons. The average molecular weight is 223 g/mol. The molecule has 1 unspecified atom stereocenters. The molecular weight excluding hydrogens is 206 g/mol. The van der Waals surface area contributed by atoms with Gasteiger partial charge in [0.2, 0.25) is 0 Å².